The third kappa shape index (κ3) is 4.25. The van der Waals surface area contributed by atoms with Crippen LogP contribution in [0.15, 0.2) is 34.9 Å². The highest BCUT2D eigenvalue weighted by Crippen LogP contribution is 2.31. The van der Waals surface area contributed by atoms with Gasteiger partial charge < -0.3 is 9.84 Å². The van der Waals surface area contributed by atoms with Crippen LogP contribution in [0.25, 0.3) is 0 Å². The summed E-state index contributed by atoms with van der Waals surface area (Å²) in [6.07, 6.45) is 1.83. The SMILES string of the molecule is Cc1noc(C2CCN([C@H](C(=O)NC(C)C)c3ccccc3)CC2)n1. The van der Waals surface area contributed by atoms with Crippen molar-refractivity contribution in [3.8, 4) is 0 Å². The van der Waals surface area contributed by atoms with Crippen LogP contribution in [0.1, 0.15) is 55.9 Å². The van der Waals surface area contributed by atoms with E-state index < -0.39 is 0 Å². The van der Waals surface area contributed by atoms with Crippen LogP contribution in [0.2, 0.25) is 0 Å². The van der Waals surface area contributed by atoms with Crippen LogP contribution in [0.5, 0.6) is 0 Å². The van der Waals surface area contributed by atoms with Crippen molar-refractivity contribution in [1.29, 1.82) is 0 Å². The summed E-state index contributed by atoms with van der Waals surface area (Å²) in [4.78, 5) is 19.4. The lowest BCUT2D eigenvalue weighted by molar-refractivity contribution is -0.127. The lowest BCUT2D eigenvalue weighted by atomic mass is 9.93. The average Bonchev–Trinajstić information content (AvgIpc) is 3.02. The molecular formula is C19H26N4O2. The van der Waals surface area contributed by atoms with Gasteiger partial charge in [0.05, 0.1) is 0 Å². The topological polar surface area (TPSA) is 71.3 Å². The largest absolute Gasteiger partial charge is 0.352 e. The van der Waals surface area contributed by atoms with Gasteiger partial charge in [0, 0.05) is 12.0 Å². The summed E-state index contributed by atoms with van der Waals surface area (Å²) < 4.78 is 5.33. The summed E-state index contributed by atoms with van der Waals surface area (Å²) in [6, 6.07) is 9.87. The molecule has 1 fully saturated rings. The van der Waals surface area contributed by atoms with Crippen molar-refractivity contribution in [2.75, 3.05) is 13.1 Å². The summed E-state index contributed by atoms with van der Waals surface area (Å²) >= 11 is 0. The fourth-order valence-corrected chi connectivity index (χ4v) is 3.41. The monoisotopic (exact) mass is 342 g/mol. The van der Waals surface area contributed by atoms with Crippen molar-refractivity contribution in [2.45, 2.75) is 51.6 Å². The first kappa shape index (κ1) is 17.6. The van der Waals surface area contributed by atoms with Crippen molar-refractivity contribution >= 4 is 5.91 Å². The zero-order chi connectivity index (χ0) is 17.8. The second-order valence-corrected chi connectivity index (χ2v) is 6.97. The number of nitrogens with zero attached hydrogens (tertiary/aromatic N) is 3. The van der Waals surface area contributed by atoms with E-state index in [2.05, 4.69) is 20.4 Å². The lowest BCUT2D eigenvalue weighted by Gasteiger charge is -2.36. The van der Waals surface area contributed by atoms with Crippen LogP contribution in [-0.2, 0) is 4.79 Å². The van der Waals surface area contributed by atoms with E-state index in [4.69, 9.17) is 4.52 Å². The van der Waals surface area contributed by atoms with Gasteiger partial charge in [0.2, 0.25) is 11.8 Å². The van der Waals surface area contributed by atoms with E-state index >= 15 is 0 Å². The average molecular weight is 342 g/mol. The van der Waals surface area contributed by atoms with Crippen LogP contribution in [0.3, 0.4) is 0 Å². The van der Waals surface area contributed by atoms with Gasteiger partial charge in [-0.1, -0.05) is 35.5 Å². The molecule has 25 heavy (non-hydrogen) atoms. The highest BCUT2D eigenvalue weighted by Gasteiger charge is 2.33. The number of aromatic nitrogens is 2. The first-order valence-corrected chi connectivity index (χ1v) is 8.94. The molecule has 1 N–H and O–H groups in total. The summed E-state index contributed by atoms with van der Waals surface area (Å²) in [5.74, 6) is 1.74. The molecule has 0 radical (unpaired) electrons. The molecule has 0 bridgehead atoms. The molecule has 134 valence electrons. The van der Waals surface area contributed by atoms with E-state index in [0.29, 0.717) is 5.82 Å². The number of nitrogens with one attached hydrogen (secondary N) is 1. The Balaban J connectivity index is 1.73. The zero-order valence-electron chi connectivity index (χ0n) is 15.1. The predicted molar refractivity (Wildman–Crippen MR) is 95.0 cm³/mol. The first-order chi connectivity index (χ1) is 12.0. The molecule has 1 aliphatic heterocycles. The molecule has 2 aromatic rings. The molecule has 6 nitrogen and oxygen atoms in total. The van der Waals surface area contributed by atoms with Gasteiger partial charge in [0.15, 0.2) is 5.82 Å². The molecule has 0 unspecified atom stereocenters. The minimum atomic E-state index is -0.256. The summed E-state index contributed by atoms with van der Waals surface area (Å²) in [6.45, 7) is 7.48. The Morgan fingerprint density at radius 1 is 1.24 bits per heavy atom. The Kier molecular flexibility index (Phi) is 5.48. The quantitative estimate of drug-likeness (QED) is 0.905. The molecule has 0 aliphatic carbocycles. The number of benzene rings is 1. The lowest BCUT2D eigenvalue weighted by Crippen LogP contribution is -2.45. The third-order valence-corrected chi connectivity index (χ3v) is 4.58. The fourth-order valence-electron chi connectivity index (χ4n) is 3.41. The van der Waals surface area contributed by atoms with E-state index in [9.17, 15) is 4.79 Å². The number of carbonyl (C=O) groups is 1. The van der Waals surface area contributed by atoms with Crippen molar-refractivity contribution in [1.82, 2.24) is 20.4 Å². The molecule has 1 aromatic heterocycles. The van der Waals surface area contributed by atoms with E-state index in [1.54, 1.807) is 0 Å². The minimum absolute atomic E-state index is 0.0632. The summed E-state index contributed by atoms with van der Waals surface area (Å²) in [7, 11) is 0. The summed E-state index contributed by atoms with van der Waals surface area (Å²) in [5, 5.41) is 6.95. The number of aryl methyl sites for hydroxylation is 1. The van der Waals surface area contributed by atoms with Gasteiger partial charge in [0.1, 0.15) is 6.04 Å². The van der Waals surface area contributed by atoms with E-state index in [1.165, 1.54) is 0 Å². The smallest absolute Gasteiger partial charge is 0.242 e. The van der Waals surface area contributed by atoms with Crippen LogP contribution in [-0.4, -0.2) is 40.1 Å². The normalized spacial score (nSPS) is 17.6. The molecule has 2 heterocycles. The van der Waals surface area contributed by atoms with Gasteiger partial charge in [-0.05, 0) is 52.3 Å². The number of carbonyl (C=O) groups excluding carboxylic acids is 1. The van der Waals surface area contributed by atoms with Crippen molar-refractivity contribution in [3.05, 3.63) is 47.6 Å². The Morgan fingerprint density at radius 3 is 2.48 bits per heavy atom. The van der Waals surface area contributed by atoms with Crippen LogP contribution in [0, 0.1) is 6.92 Å². The molecular weight excluding hydrogens is 316 g/mol. The van der Waals surface area contributed by atoms with Crippen molar-refractivity contribution in [2.24, 2.45) is 0 Å². The number of piperidine rings is 1. The standard InChI is InChI=1S/C19H26N4O2/c1-13(2)20-18(24)17(15-7-5-4-6-8-15)23-11-9-16(10-12-23)19-21-14(3)22-25-19/h4-8,13,16-17H,9-12H2,1-3H3,(H,20,24)/t17-/m0/s1. The van der Waals surface area contributed by atoms with Gasteiger partial charge >= 0.3 is 0 Å². The van der Waals surface area contributed by atoms with E-state index in [-0.39, 0.29) is 23.9 Å². The molecule has 1 aromatic carbocycles. The van der Waals surface area contributed by atoms with Crippen LogP contribution >= 0.6 is 0 Å². The Morgan fingerprint density at radius 2 is 1.92 bits per heavy atom. The number of hydrogen-bond donors (Lipinski definition) is 1. The molecule has 6 heteroatoms. The maximum Gasteiger partial charge on any atom is 0.242 e. The van der Waals surface area contributed by atoms with Crippen LogP contribution < -0.4 is 5.32 Å². The molecule has 1 aliphatic rings. The molecule has 0 saturated carbocycles. The maximum atomic E-state index is 12.8. The minimum Gasteiger partial charge on any atom is -0.352 e. The number of rotatable bonds is 5. The third-order valence-electron chi connectivity index (χ3n) is 4.58. The Bertz CT molecular complexity index is 690. The van der Waals surface area contributed by atoms with E-state index in [0.717, 1.165) is 37.4 Å². The second kappa shape index (κ2) is 7.78. The van der Waals surface area contributed by atoms with E-state index in [1.807, 2.05) is 51.1 Å². The Labute approximate surface area is 148 Å². The van der Waals surface area contributed by atoms with Gasteiger partial charge in [-0.3, -0.25) is 9.69 Å². The zero-order valence-corrected chi connectivity index (χ0v) is 15.1. The highest BCUT2D eigenvalue weighted by atomic mass is 16.5. The van der Waals surface area contributed by atoms with Gasteiger partial charge in [-0.2, -0.15) is 4.98 Å². The number of amides is 1. The van der Waals surface area contributed by atoms with Crippen LogP contribution in [0.4, 0.5) is 0 Å². The number of hydrogen-bond acceptors (Lipinski definition) is 5. The maximum absolute atomic E-state index is 12.8. The van der Waals surface area contributed by atoms with Crippen molar-refractivity contribution < 1.29 is 9.32 Å². The first-order valence-electron chi connectivity index (χ1n) is 8.94. The Hall–Kier alpha value is -2.21. The second-order valence-electron chi connectivity index (χ2n) is 6.97. The van der Waals surface area contributed by atoms with Gasteiger partial charge in [0.25, 0.3) is 0 Å². The molecule has 0 spiro atoms. The predicted octanol–water partition coefficient (Wildman–Crippen LogP) is 2.82. The fraction of sp³-hybridized carbons (Fsp3) is 0.526. The van der Waals surface area contributed by atoms with Gasteiger partial charge in [-0.25, -0.2) is 0 Å². The van der Waals surface area contributed by atoms with Gasteiger partial charge in [-0.15, -0.1) is 0 Å². The number of likely N-dealkylation sites (tertiary alicyclic amines) is 1. The van der Waals surface area contributed by atoms with Crippen molar-refractivity contribution in [3.63, 3.8) is 0 Å². The summed E-state index contributed by atoms with van der Waals surface area (Å²) in [5.41, 5.74) is 1.03. The molecule has 1 saturated heterocycles. The molecule has 1 amide bonds. The molecule has 1 atom stereocenters. The molecule has 3 rings (SSSR count). The highest BCUT2D eigenvalue weighted by molar-refractivity contribution is 5.83.